The molecule has 0 unspecified atom stereocenters. The van der Waals surface area contributed by atoms with Crippen LogP contribution >= 0.6 is 22.7 Å². The largest absolute Gasteiger partial charge is 0.453 e. The Kier molecular flexibility index (Phi) is 5.23. The van der Waals surface area contributed by atoms with Gasteiger partial charge in [-0.05, 0) is 18.4 Å². The fraction of sp³-hybridized carbons (Fsp3) is 0.231. The zero-order valence-corrected chi connectivity index (χ0v) is 13.3. The van der Waals surface area contributed by atoms with E-state index in [1.807, 2.05) is 22.8 Å². The van der Waals surface area contributed by atoms with E-state index in [-0.39, 0.29) is 5.69 Å². The fourth-order valence-corrected chi connectivity index (χ4v) is 3.01. The first-order valence-electron chi connectivity index (χ1n) is 6.10. The average Bonchev–Trinajstić information content (AvgIpc) is 3.17. The first-order chi connectivity index (χ1) is 10.5. The number of carbonyl (C=O) groups excluding carboxylic acids is 3. The second-order valence-corrected chi connectivity index (χ2v) is 5.85. The van der Waals surface area contributed by atoms with Crippen molar-refractivity contribution in [3.63, 3.8) is 0 Å². The van der Waals surface area contributed by atoms with Gasteiger partial charge in [0.2, 0.25) is 0 Å². The lowest BCUT2D eigenvalue weighted by Crippen LogP contribution is -2.39. The summed E-state index contributed by atoms with van der Waals surface area (Å²) in [5, 5.41) is 6.09. The molecule has 2 heterocycles. The summed E-state index contributed by atoms with van der Waals surface area (Å²) in [4.78, 5) is 39.5. The highest BCUT2D eigenvalue weighted by Crippen LogP contribution is 2.28. The van der Waals surface area contributed by atoms with Crippen LogP contribution in [0.5, 0.6) is 0 Å². The van der Waals surface area contributed by atoms with E-state index in [2.05, 4.69) is 9.72 Å². The molecule has 2 aromatic heterocycles. The molecule has 1 atom stereocenters. The zero-order valence-electron chi connectivity index (χ0n) is 11.7. The number of alkyl carbamates (subject to hydrolysis) is 1. The van der Waals surface area contributed by atoms with Crippen LogP contribution in [0.15, 0.2) is 22.9 Å². The molecule has 22 heavy (non-hydrogen) atoms. The maximum Gasteiger partial charge on any atom is 0.413 e. The Balaban J connectivity index is 1.97. The number of aromatic nitrogens is 1. The van der Waals surface area contributed by atoms with Crippen molar-refractivity contribution in [2.75, 3.05) is 7.11 Å². The van der Waals surface area contributed by atoms with Crippen LogP contribution in [0, 0.1) is 0 Å². The number of nitrogens with zero attached hydrogens (tertiary/aromatic N) is 1. The van der Waals surface area contributed by atoms with Gasteiger partial charge in [-0.1, -0.05) is 6.07 Å². The number of esters is 1. The minimum absolute atomic E-state index is 0.117. The summed E-state index contributed by atoms with van der Waals surface area (Å²) in [5.74, 6) is -1.50. The van der Waals surface area contributed by atoms with Crippen LogP contribution in [0.25, 0.3) is 9.88 Å². The van der Waals surface area contributed by atoms with E-state index in [9.17, 15) is 14.4 Å². The molecule has 2 aromatic rings. The van der Waals surface area contributed by atoms with Gasteiger partial charge in [-0.15, -0.1) is 22.7 Å². The Morgan fingerprint density at radius 2 is 2.09 bits per heavy atom. The van der Waals surface area contributed by atoms with E-state index in [1.54, 1.807) is 5.38 Å². The summed E-state index contributed by atoms with van der Waals surface area (Å²) in [6, 6.07) is 3.78. The summed E-state index contributed by atoms with van der Waals surface area (Å²) in [6.45, 7) is 1.35. The lowest BCUT2D eigenvalue weighted by molar-refractivity contribution is -0.128. The Bertz CT molecular complexity index is 680. The van der Waals surface area contributed by atoms with Crippen LogP contribution < -0.4 is 5.32 Å². The van der Waals surface area contributed by atoms with Gasteiger partial charge in [0.15, 0.2) is 11.8 Å². The first kappa shape index (κ1) is 16.1. The number of thiazole rings is 1. The van der Waals surface area contributed by atoms with Crippen LogP contribution in [0.3, 0.4) is 0 Å². The quantitative estimate of drug-likeness (QED) is 0.858. The molecule has 0 radical (unpaired) electrons. The smallest absolute Gasteiger partial charge is 0.413 e. The lowest BCUT2D eigenvalue weighted by atomic mass is 10.3. The van der Waals surface area contributed by atoms with Gasteiger partial charge < -0.3 is 9.47 Å². The molecule has 0 bridgehead atoms. The molecule has 2 amide bonds. The van der Waals surface area contributed by atoms with Crippen LogP contribution in [-0.2, 0) is 14.3 Å². The molecule has 2 rings (SSSR count). The molecule has 9 heteroatoms. The van der Waals surface area contributed by atoms with Gasteiger partial charge in [0.1, 0.15) is 5.01 Å². The summed E-state index contributed by atoms with van der Waals surface area (Å²) in [7, 11) is 1.13. The number of amides is 2. The molecule has 0 spiro atoms. The number of imide groups is 1. The summed E-state index contributed by atoms with van der Waals surface area (Å²) < 4.78 is 9.25. The lowest BCUT2D eigenvalue weighted by Gasteiger charge is -2.11. The van der Waals surface area contributed by atoms with Gasteiger partial charge in [0.05, 0.1) is 12.0 Å². The fourth-order valence-electron chi connectivity index (χ4n) is 1.41. The summed E-state index contributed by atoms with van der Waals surface area (Å²) in [6.07, 6.45) is -2.06. The van der Waals surface area contributed by atoms with Crippen molar-refractivity contribution in [1.29, 1.82) is 0 Å². The Morgan fingerprint density at radius 1 is 1.32 bits per heavy atom. The Morgan fingerprint density at radius 3 is 2.73 bits per heavy atom. The molecule has 1 N–H and O–H groups in total. The van der Waals surface area contributed by atoms with Gasteiger partial charge >= 0.3 is 12.1 Å². The monoisotopic (exact) mass is 340 g/mol. The highest BCUT2D eigenvalue weighted by Gasteiger charge is 2.22. The minimum atomic E-state index is -1.14. The van der Waals surface area contributed by atoms with Crippen LogP contribution in [0.2, 0.25) is 0 Å². The third-order valence-electron chi connectivity index (χ3n) is 2.51. The first-order valence-corrected chi connectivity index (χ1v) is 7.86. The molecule has 0 fully saturated rings. The zero-order chi connectivity index (χ0) is 16.1. The van der Waals surface area contributed by atoms with Gasteiger partial charge in [-0.25, -0.2) is 14.6 Å². The summed E-state index contributed by atoms with van der Waals surface area (Å²) in [5.41, 5.74) is 0.117. The number of thiophene rings is 1. The van der Waals surface area contributed by atoms with Gasteiger partial charge in [-0.3, -0.25) is 10.1 Å². The maximum atomic E-state index is 11.9. The number of nitrogens with one attached hydrogen (secondary N) is 1. The van der Waals surface area contributed by atoms with Crippen molar-refractivity contribution >= 4 is 40.6 Å². The van der Waals surface area contributed by atoms with E-state index < -0.39 is 24.1 Å². The molecular weight excluding hydrogens is 328 g/mol. The minimum Gasteiger partial charge on any atom is -0.453 e. The second-order valence-electron chi connectivity index (χ2n) is 4.04. The van der Waals surface area contributed by atoms with Gasteiger partial charge in [-0.2, -0.15) is 0 Å². The van der Waals surface area contributed by atoms with Crippen molar-refractivity contribution < 1.29 is 23.9 Å². The highest BCUT2D eigenvalue weighted by atomic mass is 32.1. The van der Waals surface area contributed by atoms with Crippen LogP contribution in [0.4, 0.5) is 4.79 Å². The SMILES string of the molecule is COC(=O)NC(=O)[C@H](C)OC(=O)c1csc(-c2cccs2)n1. The Labute approximate surface area is 133 Å². The number of carbonyl (C=O) groups is 3. The number of hydrogen-bond donors (Lipinski definition) is 1. The number of ether oxygens (including phenoxy) is 2. The predicted molar refractivity (Wildman–Crippen MR) is 80.9 cm³/mol. The number of hydrogen-bond acceptors (Lipinski definition) is 8. The summed E-state index contributed by atoms with van der Waals surface area (Å²) >= 11 is 2.82. The number of rotatable bonds is 4. The molecule has 7 nitrogen and oxygen atoms in total. The van der Waals surface area contributed by atoms with Crippen molar-refractivity contribution in [3.8, 4) is 9.88 Å². The molecule has 0 aliphatic heterocycles. The number of methoxy groups -OCH3 is 1. The van der Waals surface area contributed by atoms with E-state index in [0.717, 1.165) is 12.0 Å². The molecule has 0 saturated carbocycles. The maximum absolute atomic E-state index is 11.9. The third kappa shape index (κ3) is 3.89. The van der Waals surface area contributed by atoms with Gasteiger partial charge in [0, 0.05) is 5.38 Å². The van der Waals surface area contributed by atoms with Crippen molar-refractivity contribution in [2.45, 2.75) is 13.0 Å². The molecule has 0 aromatic carbocycles. The van der Waals surface area contributed by atoms with E-state index >= 15 is 0 Å². The van der Waals surface area contributed by atoms with Gasteiger partial charge in [0.25, 0.3) is 5.91 Å². The van der Waals surface area contributed by atoms with Crippen molar-refractivity contribution in [3.05, 3.63) is 28.6 Å². The highest BCUT2D eigenvalue weighted by molar-refractivity contribution is 7.20. The van der Waals surface area contributed by atoms with E-state index in [1.165, 1.54) is 29.6 Å². The van der Waals surface area contributed by atoms with Crippen LogP contribution in [-0.4, -0.2) is 36.2 Å². The average molecular weight is 340 g/mol. The molecule has 0 aliphatic carbocycles. The standard InChI is InChI=1S/C13H12N2O5S2/c1-7(10(16)15-13(18)19-2)20-12(17)8-6-22-11(14-8)9-4-3-5-21-9/h3-7H,1-2H3,(H,15,16,18)/t7-/m0/s1. The third-order valence-corrected chi connectivity index (χ3v) is 4.39. The van der Waals surface area contributed by atoms with Crippen LogP contribution in [0.1, 0.15) is 17.4 Å². The molecular formula is C13H12N2O5S2. The second kappa shape index (κ2) is 7.14. The normalized spacial score (nSPS) is 11.5. The topological polar surface area (TPSA) is 94.6 Å². The Hall–Kier alpha value is -2.26. The molecule has 0 saturated heterocycles. The van der Waals surface area contributed by atoms with E-state index in [0.29, 0.717) is 5.01 Å². The molecule has 116 valence electrons. The van der Waals surface area contributed by atoms with Crippen molar-refractivity contribution in [1.82, 2.24) is 10.3 Å². The van der Waals surface area contributed by atoms with Crippen molar-refractivity contribution in [2.24, 2.45) is 0 Å². The van der Waals surface area contributed by atoms with E-state index in [4.69, 9.17) is 4.74 Å². The molecule has 0 aliphatic rings. The predicted octanol–water partition coefficient (Wildman–Crippen LogP) is 2.30.